The number of rotatable bonds is 3. The average molecular weight is 267 g/mol. The van der Waals surface area contributed by atoms with Crippen LogP contribution in [0.4, 0.5) is 0 Å². The minimum absolute atomic E-state index is 0.133. The summed E-state index contributed by atoms with van der Waals surface area (Å²) in [4.78, 5) is 2.34. The van der Waals surface area contributed by atoms with Crippen LogP contribution < -0.4 is 0 Å². The van der Waals surface area contributed by atoms with Gasteiger partial charge in [0.25, 0.3) is 0 Å². The van der Waals surface area contributed by atoms with Gasteiger partial charge in [-0.25, -0.2) is 8.42 Å². The molecule has 0 atom stereocenters. The van der Waals surface area contributed by atoms with Crippen molar-refractivity contribution in [3.05, 3.63) is 35.4 Å². The van der Waals surface area contributed by atoms with E-state index in [4.69, 9.17) is 0 Å². The summed E-state index contributed by atoms with van der Waals surface area (Å²) in [6, 6.07) is 8.51. The maximum Gasteiger partial charge on any atom is 0.150 e. The summed E-state index contributed by atoms with van der Waals surface area (Å²) in [5.41, 5.74) is 2.59. The second-order valence-corrected chi connectivity index (χ2v) is 7.62. The van der Waals surface area contributed by atoms with Crippen LogP contribution in [0.3, 0.4) is 0 Å². The van der Waals surface area contributed by atoms with Crippen LogP contribution in [-0.4, -0.2) is 37.9 Å². The SMILES string of the molecule is Cc1cccc(CN2CCC(S(C)(=O)=O)CC2)c1. The van der Waals surface area contributed by atoms with E-state index in [-0.39, 0.29) is 5.25 Å². The quantitative estimate of drug-likeness (QED) is 0.840. The molecule has 0 unspecified atom stereocenters. The van der Waals surface area contributed by atoms with E-state index >= 15 is 0 Å². The van der Waals surface area contributed by atoms with Crippen LogP contribution in [0.2, 0.25) is 0 Å². The lowest BCUT2D eigenvalue weighted by Crippen LogP contribution is -2.38. The number of aryl methyl sites for hydroxylation is 1. The highest BCUT2D eigenvalue weighted by atomic mass is 32.2. The summed E-state index contributed by atoms with van der Waals surface area (Å²) in [6.07, 6.45) is 2.89. The van der Waals surface area contributed by atoms with Crippen molar-refractivity contribution >= 4 is 9.84 Å². The van der Waals surface area contributed by atoms with Crippen LogP contribution in [0.25, 0.3) is 0 Å². The third kappa shape index (κ3) is 3.56. The minimum Gasteiger partial charge on any atom is -0.299 e. The number of hydrogen-bond acceptors (Lipinski definition) is 3. The molecule has 2 rings (SSSR count). The maximum atomic E-state index is 11.5. The number of piperidine rings is 1. The molecule has 1 aromatic carbocycles. The summed E-state index contributed by atoms with van der Waals surface area (Å²) in [7, 11) is -2.86. The third-order valence-electron chi connectivity index (χ3n) is 3.63. The zero-order valence-electron chi connectivity index (χ0n) is 11.1. The molecule has 0 saturated carbocycles. The molecular formula is C14H21NO2S. The third-order valence-corrected chi connectivity index (χ3v) is 5.31. The monoisotopic (exact) mass is 267 g/mol. The Morgan fingerprint density at radius 2 is 1.94 bits per heavy atom. The summed E-state index contributed by atoms with van der Waals surface area (Å²) in [6.45, 7) is 4.79. The number of benzene rings is 1. The highest BCUT2D eigenvalue weighted by Gasteiger charge is 2.26. The molecule has 0 spiro atoms. The Morgan fingerprint density at radius 1 is 1.28 bits per heavy atom. The van der Waals surface area contributed by atoms with Crippen LogP contribution in [0.15, 0.2) is 24.3 Å². The van der Waals surface area contributed by atoms with E-state index in [2.05, 4.69) is 36.1 Å². The molecule has 100 valence electrons. The summed E-state index contributed by atoms with van der Waals surface area (Å²) in [5.74, 6) is 0. The fourth-order valence-corrected chi connectivity index (χ4v) is 3.63. The molecule has 1 aromatic rings. The molecule has 4 heteroatoms. The standard InChI is InChI=1S/C14H21NO2S/c1-12-4-3-5-13(10-12)11-15-8-6-14(7-9-15)18(2,16)17/h3-5,10,14H,6-9,11H2,1-2H3. The summed E-state index contributed by atoms with van der Waals surface area (Å²) >= 11 is 0. The molecule has 0 aliphatic carbocycles. The molecule has 1 heterocycles. The first-order valence-corrected chi connectivity index (χ1v) is 8.37. The Kier molecular flexibility index (Phi) is 4.07. The van der Waals surface area contributed by atoms with Crippen LogP contribution in [0.1, 0.15) is 24.0 Å². The lowest BCUT2D eigenvalue weighted by Gasteiger charge is -2.31. The van der Waals surface area contributed by atoms with Gasteiger partial charge in [-0.15, -0.1) is 0 Å². The molecule has 3 nitrogen and oxygen atoms in total. The molecule has 18 heavy (non-hydrogen) atoms. The smallest absolute Gasteiger partial charge is 0.150 e. The highest BCUT2D eigenvalue weighted by molar-refractivity contribution is 7.91. The Balaban J connectivity index is 1.91. The van der Waals surface area contributed by atoms with Gasteiger partial charge in [-0.05, 0) is 38.4 Å². The van der Waals surface area contributed by atoms with Crippen LogP contribution >= 0.6 is 0 Å². The molecule has 1 saturated heterocycles. The zero-order chi connectivity index (χ0) is 13.2. The topological polar surface area (TPSA) is 37.4 Å². The Morgan fingerprint density at radius 3 is 2.50 bits per heavy atom. The van der Waals surface area contributed by atoms with E-state index in [0.717, 1.165) is 32.5 Å². The van der Waals surface area contributed by atoms with Crippen molar-refractivity contribution in [1.82, 2.24) is 4.90 Å². The summed E-state index contributed by atoms with van der Waals surface area (Å²) in [5, 5.41) is -0.133. The lowest BCUT2D eigenvalue weighted by atomic mass is 10.1. The van der Waals surface area contributed by atoms with Gasteiger partial charge in [0.05, 0.1) is 5.25 Å². The normalized spacial score (nSPS) is 19.0. The van der Waals surface area contributed by atoms with E-state index in [1.54, 1.807) is 0 Å². The predicted molar refractivity (Wildman–Crippen MR) is 74.3 cm³/mol. The Bertz CT molecular complexity index is 502. The first kappa shape index (κ1) is 13.6. The first-order valence-electron chi connectivity index (χ1n) is 6.42. The van der Waals surface area contributed by atoms with Gasteiger partial charge in [-0.3, -0.25) is 4.90 Å². The van der Waals surface area contributed by atoms with Gasteiger partial charge in [-0.1, -0.05) is 29.8 Å². The van der Waals surface area contributed by atoms with Crippen LogP contribution in [0, 0.1) is 6.92 Å². The summed E-state index contributed by atoms with van der Waals surface area (Å²) < 4.78 is 23.0. The number of likely N-dealkylation sites (tertiary alicyclic amines) is 1. The molecular weight excluding hydrogens is 246 g/mol. The van der Waals surface area contributed by atoms with Gasteiger partial charge in [-0.2, -0.15) is 0 Å². The van der Waals surface area contributed by atoms with E-state index < -0.39 is 9.84 Å². The van der Waals surface area contributed by atoms with Crippen molar-refractivity contribution in [3.63, 3.8) is 0 Å². The number of nitrogens with zero attached hydrogens (tertiary/aromatic N) is 1. The second kappa shape index (κ2) is 5.41. The van der Waals surface area contributed by atoms with Crippen molar-refractivity contribution < 1.29 is 8.42 Å². The molecule has 0 radical (unpaired) electrons. The molecule has 1 aliphatic heterocycles. The van der Waals surface area contributed by atoms with Crippen molar-refractivity contribution in [1.29, 1.82) is 0 Å². The van der Waals surface area contributed by atoms with Gasteiger partial charge in [0, 0.05) is 12.8 Å². The van der Waals surface area contributed by atoms with Crippen molar-refractivity contribution in [2.24, 2.45) is 0 Å². The van der Waals surface area contributed by atoms with E-state index in [0.29, 0.717) is 0 Å². The maximum absolute atomic E-state index is 11.5. The Labute approximate surface area is 110 Å². The van der Waals surface area contributed by atoms with E-state index in [1.165, 1.54) is 17.4 Å². The first-order chi connectivity index (χ1) is 8.45. The van der Waals surface area contributed by atoms with Gasteiger partial charge >= 0.3 is 0 Å². The largest absolute Gasteiger partial charge is 0.299 e. The van der Waals surface area contributed by atoms with E-state index in [1.807, 2.05) is 0 Å². The van der Waals surface area contributed by atoms with Crippen LogP contribution in [0.5, 0.6) is 0 Å². The Hall–Kier alpha value is -0.870. The van der Waals surface area contributed by atoms with Gasteiger partial charge in [0.2, 0.25) is 0 Å². The zero-order valence-corrected chi connectivity index (χ0v) is 11.9. The molecule has 0 amide bonds. The van der Waals surface area contributed by atoms with Gasteiger partial charge < -0.3 is 0 Å². The van der Waals surface area contributed by atoms with Crippen molar-refractivity contribution in [3.8, 4) is 0 Å². The van der Waals surface area contributed by atoms with E-state index in [9.17, 15) is 8.42 Å². The number of sulfone groups is 1. The molecule has 1 fully saturated rings. The van der Waals surface area contributed by atoms with Crippen molar-refractivity contribution in [2.75, 3.05) is 19.3 Å². The van der Waals surface area contributed by atoms with Crippen LogP contribution in [-0.2, 0) is 16.4 Å². The second-order valence-electron chi connectivity index (χ2n) is 5.29. The fourth-order valence-electron chi connectivity index (χ4n) is 2.56. The molecule has 0 N–H and O–H groups in total. The molecule has 0 bridgehead atoms. The minimum atomic E-state index is -2.86. The highest BCUT2D eigenvalue weighted by Crippen LogP contribution is 2.19. The average Bonchev–Trinajstić information content (AvgIpc) is 2.28. The molecule has 0 aromatic heterocycles. The lowest BCUT2D eigenvalue weighted by molar-refractivity contribution is 0.222. The van der Waals surface area contributed by atoms with Gasteiger partial charge in [0.1, 0.15) is 9.84 Å². The molecule has 1 aliphatic rings. The van der Waals surface area contributed by atoms with Crippen molar-refractivity contribution in [2.45, 2.75) is 31.6 Å². The fraction of sp³-hybridized carbons (Fsp3) is 0.571. The van der Waals surface area contributed by atoms with Gasteiger partial charge in [0.15, 0.2) is 0 Å². The number of hydrogen-bond donors (Lipinski definition) is 0. The predicted octanol–water partition coefficient (Wildman–Crippen LogP) is 2.00.